The molecule has 3 heterocycles. The van der Waals surface area contributed by atoms with Crippen LogP contribution in [0.5, 0.6) is 0 Å². The number of hydrogen-bond acceptors (Lipinski definition) is 6. The maximum absolute atomic E-state index is 11.0. The van der Waals surface area contributed by atoms with Crippen molar-refractivity contribution in [1.29, 1.82) is 0 Å². The van der Waals surface area contributed by atoms with Gasteiger partial charge in [0.15, 0.2) is 6.29 Å². The van der Waals surface area contributed by atoms with E-state index in [4.69, 9.17) is 9.47 Å². The predicted octanol–water partition coefficient (Wildman–Crippen LogP) is -0.123. The number of likely N-dealkylation sites (N-methyl/N-ethyl adjacent to an activating group) is 1. The van der Waals surface area contributed by atoms with Gasteiger partial charge < -0.3 is 24.8 Å². The van der Waals surface area contributed by atoms with Crippen molar-refractivity contribution in [3.05, 3.63) is 35.9 Å². The summed E-state index contributed by atoms with van der Waals surface area (Å²) in [5, 5.41) is 14.5. The molecule has 4 rings (SSSR count). The number of ether oxygens (including phenoxy) is 2. The Bertz CT molecular complexity index is 536. The summed E-state index contributed by atoms with van der Waals surface area (Å²) in [7, 11) is 2.14. The smallest absolute Gasteiger partial charge is 0.176 e. The van der Waals surface area contributed by atoms with Gasteiger partial charge in [0.25, 0.3) is 0 Å². The van der Waals surface area contributed by atoms with E-state index in [1.54, 1.807) is 0 Å². The lowest BCUT2D eigenvalue weighted by atomic mass is 9.94. The Hall–Kier alpha value is -1.02. The largest absolute Gasteiger partial charge is 0.390 e. The van der Waals surface area contributed by atoms with E-state index in [1.165, 1.54) is 5.56 Å². The van der Waals surface area contributed by atoms with E-state index in [9.17, 15) is 5.11 Å². The zero-order valence-electron chi connectivity index (χ0n) is 14.2. The number of rotatable bonds is 4. The third kappa shape index (κ3) is 3.22. The number of fused-ring (bicyclic) bond motifs is 2. The monoisotopic (exact) mass is 333 g/mol. The van der Waals surface area contributed by atoms with Gasteiger partial charge in [-0.1, -0.05) is 30.3 Å². The molecule has 3 saturated heterocycles. The van der Waals surface area contributed by atoms with Gasteiger partial charge in [-0.15, -0.1) is 0 Å². The highest BCUT2D eigenvalue weighted by Crippen LogP contribution is 2.32. The second kappa shape index (κ2) is 7.07. The van der Waals surface area contributed by atoms with Gasteiger partial charge in [0.1, 0.15) is 6.10 Å². The molecule has 0 aromatic heterocycles. The molecular formula is C18H27N3O3. The van der Waals surface area contributed by atoms with Crippen LogP contribution in [-0.2, 0) is 16.0 Å². The summed E-state index contributed by atoms with van der Waals surface area (Å²) >= 11 is 0. The number of aliphatic hydroxyl groups excluding tert-OH is 1. The first kappa shape index (κ1) is 16.4. The van der Waals surface area contributed by atoms with Crippen LogP contribution in [0.2, 0.25) is 0 Å². The first-order chi connectivity index (χ1) is 11.7. The number of hydrogen-bond donors (Lipinski definition) is 2. The molecule has 6 nitrogen and oxygen atoms in total. The van der Waals surface area contributed by atoms with Crippen LogP contribution in [0.4, 0.5) is 0 Å². The lowest BCUT2D eigenvalue weighted by Crippen LogP contribution is -2.66. The Morgan fingerprint density at radius 1 is 1.17 bits per heavy atom. The average Bonchev–Trinajstić information content (AvgIpc) is 3.02. The molecule has 24 heavy (non-hydrogen) atoms. The fourth-order valence-corrected chi connectivity index (χ4v) is 3.99. The first-order valence-corrected chi connectivity index (χ1v) is 8.87. The second-order valence-corrected chi connectivity index (χ2v) is 7.09. The Morgan fingerprint density at radius 3 is 2.67 bits per heavy atom. The van der Waals surface area contributed by atoms with Crippen molar-refractivity contribution in [3.8, 4) is 0 Å². The van der Waals surface area contributed by atoms with Crippen LogP contribution in [0.25, 0.3) is 0 Å². The van der Waals surface area contributed by atoms with Crippen molar-refractivity contribution >= 4 is 0 Å². The molecule has 0 unspecified atom stereocenters. The van der Waals surface area contributed by atoms with Gasteiger partial charge in [-0.05, 0) is 12.6 Å². The maximum Gasteiger partial charge on any atom is 0.176 e. The Balaban J connectivity index is 1.44. The minimum atomic E-state index is -0.483. The average molecular weight is 333 g/mol. The van der Waals surface area contributed by atoms with Gasteiger partial charge in [0, 0.05) is 32.7 Å². The number of piperazine rings is 1. The third-order valence-electron chi connectivity index (χ3n) is 5.48. The van der Waals surface area contributed by atoms with Crippen molar-refractivity contribution in [2.75, 3.05) is 39.8 Å². The molecule has 2 N–H and O–H groups in total. The van der Waals surface area contributed by atoms with E-state index in [0.717, 1.165) is 32.7 Å². The highest BCUT2D eigenvalue weighted by atomic mass is 16.7. The van der Waals surface area contributed by atoms with Gasteiger partial charge in [-0.25, -0.2) is 0 Å². The third-order valence-corrected chi connectivity index (χ3v) is 5.48. The minimum Gasteiger partial charge on any atom is -0.390 e. The lowest BCUT2D eigenvalue weighted by Gasteiger charge is -2.46. The van der Waals surface area contributed by atoms with E-state index in [0.29, 0.717) is 6.61 Å². The molecular weight excluding hydrogens is 306 g/mol. The molecule has 0 amide bonds. The summed E-state index contributed by atoms with van der Waals surface area (Å²) < 4.78 is 11.9. The van der Waals surface area contributed by atoms with Crippen LogP contribution < -0.4 is 5.32 Å². The van der Waals surface area contributed by atoms with Gasteiger partial charge in [0.2, 0.25) is 0 Å². The highest BCUT2D eigenvalue weighted by molar-refractivity contribution is 5.15. The van der Waals surface area contributed by atoms with Crippen LogP contribution in [0.15, 0.2) is 30.3 Å². The summed E-state index contributed by atoms with van der Waals surface area (Å²) in [6.07, 6.45) is -0.857. The van der Waals surface area contributed by atoms with Crippen LogP contribution in [0.1, 0.15) is 5.56 Å². The maximum atomic E-state index is 11.0. The fraction of sp³-hybridized carbons (Fsp3) is 0.667. The Labute approximate surface area is 143 Å². The van der Waals surface area contributed by atoms with E-state index in [-0.39, 0.29) is 24.5 Å². The van der Waals surface area contributed by atoms with E-state index >= 15 is 0 Å². The molecule has 0 radical (unpaired) electrons. The van der Waals surface area contributed by atoms with Crippen molar-refractivity contribution in [2.45, 2.75) is 37.1 Å². The molecule has 5 atom stereocenters. The minimum absolute atomic E-state index is 0.0718. The first-order valence-electron chi connectivity index (χ1n) is 8.87. The number of benzene rings is 1. The number of nitrogens with zero attached hydrogens (tertiary/aromatic N) is 2. The second-order valence-electron chi connectivity index (χ2n) is 7.09. The summed E-state index contributed by atoms with van der Waals surface area (Å²) in [5.74, 6) is 0. The normalized spacial score (nSPS) is 37.7. The zero-order valence-corrected chi connectivity index (χ0v) is 14.2. The number of aliphatic hydroxyl groups is 1. The molecule has 3 fully saturated rings. The Morgan fingerprint density at radius 2 is 1.92 bits per heavy atom. The van der Waals surface area contributed by atoms with Crippen LogP contribution in [0, 0.1) is 0 Å². The van der Waals surface area contributed by atoms with E-state index < -0.39 is 6.10 Å². The summed E-state index contributed by atoms with van der Waals surface area (Å²) in [4.78, 5) is 4.64. The molecule has 132 valence electrons. The predicted molar refractivity (Wildman–Crippen MR) is 90.5 cm³/mol. The van der Waals surface area contributed by atoms with Gasteiger partial charge >= 0.3 is 0 Å². The van der Waals surface area contributed by atoms with Crippen molar-refractivity contribution < 1.29 is 14.6 Å². The molecule has 1 aromatic carbocycles. The fourth-order valence-electron chi connectivity index (χ4n) is 3.99. The topological polar surface area (TPSA) is 57.2 Å². The summed E-state index contributed by atoms with van der Waals surface area (Å²) in [6, 6.07) is 10.1. The van der Waals surface area contributed by atoms with Gasteiger partial charge in [-0.2, -0.15) is 0 Å². The van der Waals surface area contributed by atoms with Crippen molar-refractivity contribution in [2.24, 2.45) is 0 Å². The quantitative estimate of drug-likeness (QED) is 0.801. The molecule has 1 aromatic rings. The van der Waals surface area contributed by atoms with E-state index in [2.05, 4.69) is 34.3 Å². The van der Waals surface area contributed by atoms with Crippen molar-refractivity contribution in [1.82, 2.24) is 15.1 Å². The number of nitrogens with one attached hydrogen (secondary N) is 1. The molecule has 0 spiro atoms. The molecule has 3 aliphatic heterocycles. The molecule has 6 heteroatoms. The standard InChI is InChI=1S/C18H27N3O3/c1-20-7-9-21(10-8-20)16-17(22)15(14-12-23-18(16)24-14)19-11-13-5-3-2-4-6-13/h2-6,14-19,22H,7-12H2,1H3/t14-,15-,16-,17+,18-/m1/s1. The molecule has 3 aliphatic rings. The summed E-state index contributed by atoms with van der Waals surface area (Å²) in [6.45, 7) is 5.19. The van der Waals surface area contributed by atoms with Crippen molar-refractivity contribution in [3.63, 3.8) is 0 Å². The van der Waals surface area contributed by atoms with Crippen LogP contribution in [-0.4, -0.2) is 85.3 Å². The van der Waals surface area contributed by atoms with Crippen LogP contribution >= 0.6 is 0 Å². The van der Waals surface area contributed by atoms with Crippen LogP contribution in [0.3, 0.4) is 0 Å². The van der Waals surface area contributed by atoms with Gasteiger partial charge in [0.05, 0.1) is 24.8 Å². The molecule has 0 aliphatic carbocycles. The summed E-state index contributed by atoms with van der Waals surface area (Å²) in [5.41, 5.74) is 1.21. The Kier molecular flexibility index (Phi) is 4.85. The molecule has 0 saturated carbocycles. The van der Waals surface area contributed by atoms with Gasteiger partial charge in [-0.3, -0.25) is 4.90 Å². The van der Waals surface area contributed by atoms with E-state index in [1.807, 2.05) is 18.2 Å². The lowest BCUT2D eigenvalue weighted by molar-refractivity contribution is -0.186. The highest BCUT2D eigenvalue weighted by Gasteiger charge is 2.52. The SMILES string of the molecule is CN1CCN([C@H]2[C@@H]3OC[C@@H](O3)[C@@H](NCc3ccccc3)[C@@H]2O)CC1. The zero-order chi connectivity index (χ0) is 16.5. The molecule has 2 bridgehead atoms.